The molecule has 2 rings (SSSR count). The van der Waals surface area contributed by atoms with Crippen LogP contribution in [0.2, 0.25) is 0 Å². The highest BCUT2D eigenvalue weighted by Crippen LogP contribution is 2.26. The van der Waals surface area contributed by atoms with Crippen LogP contribution in [0.1, 0.15) is 31.9 Å². The number of aliphatic hydroxyl groups excluding tert-OH is 1. The Bertz CT molecular complexity index is 297. The van der Waals surface area contributed by atoms with Crippen molar-refractivity contribution < 1.29 is 9.52 Å². The molecule has 1 saturated carbocycles. The van der Waals surface area contributed by atoms with Gasteiger partial charge >= 0.3 is 0 Å². The van der Waals surface area contributed by atoms with Gasteiger partial charge in [-0.15, -0.1) is 0 Å². The highest BCUT2D eigenvalue weighted by molar-refractivity contribution is 4.98. The summed E-state index contributed by atoms with van der Waals surface area (Å²) in [4.78, 5) is 2.35. The minimum atomic E-state index is -0.0920. The molecule has 1 N–H and O–H groups in total. The summed E-state index contributed by atoms with van der Waals surface area (Å²) in [7, 11) is 0. The number of hydrogen-bond acceptors (Lipinski definition) is 3. The van der Waals surface area contributed by atoms with E-state index < -0.39 is 0 Å². The highest BCUT2D eigenvalue weighted by atomic mass is 16.3. The van der Waals surface area contributed by atoms with Crippen molar-refractivity contribution in [3.63, 3.8) is 0 Å². The zero-order chi connectivity index (χ0) is 11.4. The molecule has 1 aromatic rings. The minimum Gasteiger partial charge on any atom is -0.468 e. The van der Waals surface area contributed by atoms with Crippen molar-refractivity contribution in [3.8, 4) is 0 Å². The maximum Gasteiger partial charge on any atom is 0.117 e. The van der Waals surface area contributed by atoms with E-state index in [9.17, 15) is 5.11 Å². The number of furan rings is 1. The van der Waals surface area contributed by atoms with Crippen LogP contribution in [0.15, 0.2) is 22.8 Å². The molecule has 1 aliphatic rings. The third-order valence-electron chi connectivity index (χ3n) is 3.52. The smallest absolute Gasteiger partial charge is 0.117 e. The largest absolute Gasteiger partial charge is 0.468 e. The average Bonchev–Trinajstić information content (AvgIpc) is 2.90. The third kappa shape index (κ3) is 2.86. The molecule has 1 aliphatic carbocycles. The van der Waals surface area contributed by atoms with Crippen molar-refractivity contribution in [3.05, 3.63) is 24.2 Å². The molecular formula is C13H21NO2. The van der Waals surface area contributed by atoms with Crippen LogP contribution in [-0.4, -0.2) is 29.2 Å². The lowest BCUT2D eigenvalue weighted by atomic mass is 10.1. The average molecular weight is 223 g/mol. The summed E-state index contributed by atoms with van der Waals surface area (Å²) < 4.78 is 5.35. The lowest BCUT2D eigenvalue weighted by Crippen LogP contribution is -2.32. The second-order valence-electron chi connectivity index (χ2n) is 4.67. The first kappa shape index (κ1) is 11.7. The van der Waals surface area contributed by atoms with E-state index in [1.165, 1.54) is 6.42 Å². The molecule has 2 atom stereocenters. The first-order valence-electron chi connectivity index (χ1n) is 6.22. The van der Waals surface area contributed by atoms with Crippen LogP contribution in [0, 0.1) is 5.92 Å². The van der Waals surface area contributed by atoms with Gasteiger partial charge in [-0.05, 0) is 37.4 Å². The SMILES string of the molecule is CCN(Cc1ccco1)CC1CCCC1O. The van der Waals surface area contributed by atoms with Gasteiger partial charge in [-0.1, -0.05) is 13.3 Å². The van der Waals surface area contributed by atoms with Crippen molar-refractivity contribution >= 4 is 0 Å². The molecule has 2 unspecified atom stereocenters. The van der Waals surface area contributed by atoms with Crippen LogP contribution in [0.25, 0.3) is 0 Å². The van der Waals surface area contributed by atoms with Crippen molar-refractivity contribution in [1.82, 2.24) is 4.90 Å². The predicted molar refractivity (Wildman–Crippen MR) is 63.0 cm³/mol. The van der Waals surface area contributed by atoms with Gasteiger partial charge in [0.05, 0.1) is 18.9 Å². The molecule has 0 aromatic carbocycles. The van der Waals surface area contributed by atoms with E-state index in [-0.39, 0.29) is 6.10 Å². The molecular weight excluding hydrogens is 202 g/mol. The van der Waals surface area contributed by atoms with Crippen molar-refractivity contribution in [2.75, 3.05) is 13.1 Å². The van der Waals surface area contributed by atoms with Crippen molar-refractivity contribution in [2.45, 2.75) is 38.8 Å². The number of aliphatic hydroxyl groups is 1. The van der Waals surface area contributed by atoms with Gasteiger partial charge in [0, 0.05) is 6.54 Å². The molecule has 0 bridgehead atoms. The topological polar surface area (TPSA) is 36.6 Å². The summed E-state index contributed by atoms with van der Waals surface area (Å²) in [6.45, 7) is 5.00. The summed E-state index contributed by atoms with van der Waals surface area (Å²) in [5.41, 5.74) is 0. The Kier molecular flexibility index (Phi) is 4.02. The van der Waals surface area contributed by atoms with Crippen molar-refractivity contribution in [2.24, 2.45) is 5.92 Å². The first-order chi connectivity index (χ1) is 7.79. The van der Waals surface area contributed by atoms with Gasteiger partial charge in [0.15, 0.2) is 0 Å². The Balaban J connectivity index is 1.85. The number of hydrogen-bond donors (Lipinski definition) is 1. The van der Waals surface area contributed by atoms with Gasteiger partial charge in [0.2, 0.25) is 0 Å². The third-order valence-corrected chi connectivity index (χ3v) is 3.52. The van der Waals surface area contributed by atoms with Gasteiger partial charge in [-0.3, -0.25) is 4.90 Å². The van der Waals surface area contributed by atoms with Gasteiger partial charge in [0.25, 0.3) is 0 Å². The molecule has 16 heavy (non-hydrogen) atoms. The molecule has 90 valence electrons. The van der Waals surface area contributed by atoms with Gasteiger partial charge in [-0.2, -0.15) is 0 Å². The van der Waals surface area contributed by atoms with E-state index in [1.807, 2.05) is 12.1 Å². The quantitative estimate of drug-likeness (QED) is 0.832. The first-order valence-corrected chi connectivity index (χ1v) is 6.22. The number of rotatable bonds is 5. The standard InChI is InChI=1S/C13H21NO2/c1-2-14(10-12-6-4-8-16-12)9-11-5-3-7-13(11)15/h4,6,8,11,13,15H,2-3,5,7,9-10H2,1H3. The van der Waals surface area contributed by atoms with E-state index in [2.05, 4.69) is 11.8 Å². The maximum atomic E-state index is 9.81. The molecule has 1 fully saturated rings. The molecule has 0 saturated heterocycles. The Labute approximate surface area is 97.1 Å². The monoisotopic (exact) mass is 223 g/mol. The molecule has 0 aliphatic heterocycles. The molecule has 0 radical (unpaired) electrons. The maximum absolute atomic E-state index is 9.81. The fourth-order valence-corrected chi connectivity index (χ4v) is 2.49. The zero-order valence-corrected chi connectivity index (χ0v) is 9.93. The van der Waals surface area contributed by atoms with Crippen LogP contribution >= 0.6 is 0 Å². The number of nitrogens with zero attached hydrogens (tertiary/aromatic N) is 1. The minimum absolute atomic E-state index is 0.0920. The van der Waals surface area contributed by atoms with E-state index in [0.717, 1.165) is 38.2 Å². The lowest BCUT2D eigenvalue weighted by molar-refractivity contribution is 0.0988. The summed E-state index contributed by atoms with van der Waals surface area (Å²) >= 11 is 0. The van der Waals surface area contributed by atoms with Crippen LogP contribution in [0.5, 0.6) is 0 Å². The Morgan fingerprint density at radius 1 is 1.50 bits per heavy atom. The highest BCUT2D eigenvalue weighted by Gasteiger charge is 2.26. The van der Waals surface area contributed by atoms with Crippen molar-refractivity contribution in [1.29, 1.82) is 0 Å². The Hall–Kier alpha value is -0.800. The van der Waals surface area contributed by atoms with E-state index in [1.54, 1.807) is 6.26 Å². The van der Waals surface area contributed by atoms with E-state index in [4.69, 9.17) is 4.42 Å². The van der Waals surface area contributed by atoms with E-state index in [0.29, 0.717) is 5.92 Å². The molecule has 1 aromatic heterocycles. The fraction of sp³-hybridized carbons (Fsp3) is 0.692. The normalized spacial score (nSPS) is 25.4. The van der Waals surface area contributed by atoms with Crippen LogP contribution < -0.4 is 0 Å². The fourth-order valence-electron chi connectivity index (χ4n) is 2.49. The molecule has 1 heterocycles. The van der Waals surface area contributed by atoms with Crippen LogP contribution in [0.4, 0.5) is 0 Å². The van der Waals surface area contributed by atoms with Gasteiger partial charge in [0.1, 0.15) is 5.76 Å². The summed E-state index contributed by atoms with van der Waals surface area (Å²) in [5, 5.41) is 9.81. The van der Waals surface area contributed by atoms with E-state index >= 15 is 0 Å². The predicted octanol–water partition coefficient (Wildman–Crippen LogP) is 2.26. The lowest BCUT2D eigenvalue weighted by Gasteiger charge is -2.24. The Morgan fingerprint density at radius 3 is 2.94 bits per heavy atom. The second kappa shape index (κ2) is 5.51. The van der Waals surface area contributed by atoms with Crippen LogP contribution in [0.3, 0.4) is 0 Å². The summed E-state index contributed by atoms with van der Waals surface area (Å²) in [6, 6.07) is 3.93. The molecule has 3 heteroatoms. The molecule has 3 nitrogen and oxygen atoms in total. The molecule has 0 spiro atoms. The van der Waals surface area contributed by atoms with Gasteiger partial charge in [-0.25, -0.2) is 0 Å². The van der Waals surface area contributed by atoms with Crippen LogP contribution in [-0.2, 0) is 6.54 Å². The van der Waals surface area contributed by atoms with Gasteiger partial charge < -0.3 is 9.52 Å². The Morgan fingerprint density at radius 2 is 2.38 bits per heavy atom. The second-order valence-corrected chi connectivity index (χ2v) is 4.67. The molecule has 0 amide bonds. The summed E-state index contributed by atoms with van der Waals surface area (Å²) in [6.07, 6.45) is 4.93. The summed E-state index contributed by atoms with van der Waals surface area (Å²) in [5.74, 6) is 1.46. The zero-order valence-electron chi connectivity index (χ0n) is 9.93.